The molecule has 2 aliphatic rings. The smallest absolute Gasteiger partial charge is 0.264 e. The second kappa shape index (κ2) is 7.85. The lowest BCUT2D eigenvalue weighted by atomic mass is 10.0. The molecular weight excluding hydrogens is 338 g/mol. The number of hydrogen-bond acceptors (Lipinski definition) is 5. The molecule has 3 rings (SSSR count). The molecule has 0 bridgehead atoms. The summed E-state index contributed by atoms with van der Waals surface area (Å²) in [5.41, 5.74) is -0.124. The van der Waals surface area contributed by atoms with Crippen molar-refractivity contribution in [2.45, 2.75) is 38.3 Å². The van der Waals surface area contributed by atoms with Crippen molar-refractivity contribution in [3.05, 3.63) is 22.4 Å². The normalized spacial score (nSPS) is 22.2. The molecule has 0 radical (unpaired) electrons. The van der Waals surface area contributed by atoms with Gasteiger partial charge in [-0.1, -0.05) is 6.07 Å². The summed E-state index contributed by atoms with van der Waals surface area (Å²) >= 11 is 1.43. The Labute approximate surface area is 153 Å². The van der Waals surface area contributed by atoms with Crippen molar-refractivity contribution in [2.75, 3.05) is 39.4 Å². The Bertz CT molecular complexity index is 597. The van der Waals surface area contributed by atoms with Crippen LogP contribution in [0.15, 0.2) is 17.5 Å². The number of rotatable bonds is 5. The summed E-state index contributed by atoms with van der Waals surface area (Å²) in [4.78, 5) is 30.1. The number of ether oxygens (including phenoxy) is 1. The zero-order valence-electron chi connectivity index (χ0n) is 15.0. The maximum absolute atomic E-state index is 12.7. The number of carbonyl (C=O) groups excluding carboxylic acids is 2. The van der Waals surface area contributed by atoms with Crippen LogP contribution in [-0.2, 0) is 9.53 Å². The maximum atomic E-state index is 12.7. The molecule has 6 nitrogen and oxygen atoms in total. The lowest BCUT2D eigenvalue weighted by molar-refractivity contribution is -0.125. The summed E-state index contributed by atoms with van der Waals surface area (Å²) in [6.45, 7) is 8.76. The second-order valence-corrected chi connectivity index (χ2v) is 8.21. The van der Waals surface area contributed by atoms with Crippen molar-refractivity contribution in [2.24, 2.45) is 0 Å². The van der Waals surface area contributed by atoms with Gasteiger partial charge in [0.1, 0.15) is 6.04 Å². The van der Waals surface area contributed by atoms with Gasteiger partial charge in [-0.05, 0) is 38.1 Å². The highest BCUT2D eigenvalue weighted by molar-refractivity contribution is 7.12. The van der Waals surface area contributed by atoms with Crippen LogP contribution >= 0.6 is 11.3 Å². The van der Waals surface area contributed by atoms with E-state index in [-0.39, 0.29) is 23.4 Å². The molecule has 3 heterocycles. The van der Waals surface area contributed by atoms with Crippen LogP contribution in [0.5, 0.6) is 0 Å². The number of morpholine rings is 1. The van der Waals surface area contributed by atoms with Gasteiger partial charge in [-0.15, -0.1) is 11.3 Å². The second-order valence-electron chi connectivity index (χ2n) is 7.26. The summed E-state index contributed by atoms with van der Waals surface area (Å²) in [5.74, 6) is -0.0659. The van der Waals surface area contributed by atoms with E-state index in [9.17, 15) is 9.59 Å². The van der Waals surface area contributed by atoms with Gasteiger partial charge in [-0.2, -0.15) is 0 Å². The third kappa shape index (κ3) is 4.22. The number of nitrogens with zero attached hydrogens (tertiary/aromatic N) is 2. The molecule has 25 heavy (non-hydrogen) atoms. The minimum atomic E-state index is -0.352. The van der Waals surface area contributed by atoms with E-state index in [1.165, 1.54) is 11.3 Å². The highest BCUT2D eigenvalue weighted by Gasteiger charge is 2.36. The van der Waals surface area contributed by atoms with Gasteiger partial charge in [0.25, 0.3) is 5.91 Å². The van der Waals surface area contributed by atoms with Gasteiger partial charge in [-0.25, -0.2) is 0 Å². The van der Waals surface area contributed by atoms with E-state index < -0.39 is 0 Å². The van der Waals surface area contributed by atoms with Crippen LogP contribution in [0.4, 0.5) is 0 Å². The van der Waals surface area contributed by atoms with Gasteiger partial charge in [0, 0.05) is 31.7 Å². The van der Waals surface area contributed by atoms with Gasteiger partial charge in [0.05, 0.1) is 18.1 Å². The fraction of sp³-hybridized carbons (Fsp3) is 0.667. The van der Waals surface area contributed by atoms with Crippen molar-refractivity contribution in [1.82, 2.24) is 15.1 Å². The van der Waals surface area contributed by atoms with Crippen LogP contribution in [0.25, 0.3) is 0 Å². The quantitative estimate of drug-likeness (QED) is 0.861. The molecule has 0 saturated carbocycles. The zero-order chi connectivity index (χ0) is 17.9. The fourth-order valence-corrected chi connectivity index (χ4v) is 4.20. The SMILES string of the molecule is CC(C)(CNC(=O)[C@H]1CCCN1C(=O)c1cccs1)N1CCOCC1. The molecule has 0 unspecified atom stereocenters. The largest absolute Gasteiger partial charge is 0.379 e. The molecule has 138 valence electrons. The van der Waals surface area contributed by atoms with E-state index in [2.05, 4.69) is 24.1 Å². The standard InChI is InChI=1S/C18H27N3O3S/c1-18(2,20-8-10-24-11-9-20)13-19-16(22)14-5-3-7-21(14)17(23)15-6-4-12-25-15/h4,6,12,14H,3,5,7-11,13H2,1-2H3,(H,19,22)/t14-/m1/s1. The Morgan fingerprint density at radius 2 is 2.08 bits per heavy atom. The predicted octanol–water partition coefficient (Wildman–Crippen LogP) is 1.58. The highest BCUT2D eigenvalue weighted by Crippen LogP contribution is 2.23. The maximum Gasteiger partial charge on any atom is 0.264 e. The lowest BCUT2D eigenvalue weighted by Gasteiger charge is -2.41. The van der Waals surface area contributed by atoms with Gasteiger partial charge in [-0.3, -0.25) is 14.5 Å². The molecule has 2 saturated heterocycles. The number of thiophene rings is 1. The molecule has 1 aromatic rings. The van der Waals surface area contributed by atoms with Crippen LogP contribution in [0.1, 0.15) is 36.4 Å². The molecular formula is C18H27N3O3S. The van der Waals surface area contributed by atoms with E-state index in [1.807, 2.05) is 17.5 Å². The Morgan fingerprint density at radius 1 is 1.32 bits per heavy atom. The molecule has 1 N–H and O–H groups in total. The van der Waals surface area contributed by atoms with E-state index in [1.54, 1.807) is 4.90 Å². The lowest BCUT2D eigenvalue weighted by Crippen LogP contribution is -2.57. The first-order valence-electron chi connectivity index (χ1n) is 8.94. The Kier molecular flexibility index (Phi) is 5.76. The summed E-state index contributed by atoms with van der Waals surface area (Å²) in [6, 6.07) is 3.34. The van der Waals surface area contributed by atoms with Crippen LogP contribution in [0.3, 0.4) is 0 Å². The van der Waals surface area contributed by atoms with Crippen molar-refractivity contribution in [3.8, 4) is 0 Å². The minimum Gasteiger partial charge on any atom is -0.379 e. The summed E-state index contributed by atoms with van der Waals surface area (Å²) in [7, 11) is 0. The molecule has 0 aliphatic carbocycles. The first-order valence-corrected chi connectivity index (χ1v) is 9.82. The number of amides is 2. The molecule has 0 aromatic carbocycles. The van der Waals surface area contributed by atoms with Gasteiger partial charge in [0.2, 0.25) is 5.91 Å². The molecule has 0 spiro atoms. The van der Waals surface area contributed by atoms with Gasteiger partial charge in [0.15, 0.2) is 0 Å². The van der Waals surface area contributed by atoms with E-state index in [0.29, 0.717) is 18.0 Å². The first kappa shape index (κ1) is 18.4. The van der Waals surface area contributed by atoms with Crippen LogP contribution in [0, 0.1) is 0 Å². The minimum absolute atomic E-state index is 0.0277. The fourth-order valence-electron chi connectivity index (χ4n) is 3.53. The number of hydrogen-bond donors (Lipinski definition) is 1. The van der Waals surface area contributed by atoms with E-state index in [0.717, 1.165) is 39.1 Å². The van der Waals surface area contributed by atoms with E-state index >= 15 is 0 Å². The monoisotopic (exact) mass is 365 g/mol. The topological polar surface area (TPSA) is 61.9 Å². The summed E-state index contributed by atoms with van der Waals surface area (Å²) in [5, 5.41) is 4.97. The van der Waals surface area contributed by atoms with Crippen molar-refractivity contribution in [3.63, 3.8) is 0 Å². The highest BCUT2D eigenvalue weighted by atomic mass is 32.1. The predicted molar refractivity (Wildman–Crippen MR) is 97.9 cm³/mol. The molecule has 2 fully saturated rings. The third-order valence-electron chi connectivity index (χ3n) is 5.11. The van der Waals surface area contributed by atoms with Gasteiger partial charge < -0.3 is 15.0 Å². The van der Waals surface area contributed by atoms with Crippen molar-refractivity contribution >= 4 is 23.2 Å². The Hall–Kier alpha value is -1.44. The van der Waals surface area contributed by atoms with Crippen molar-refractivity contribution < 1.29 is 14.3 Å². The number of carbonyl (C=O) groups is 2. The zero-order valence-corrected chi connectivity index (χ0v) is 15.8. The number of nitrogens with one attached hydrogen (secondary N) is 1. The average Bonchev–Trinajstić information content (AvgIpc) is 3.31. The molecule has 2 aliphatic heterocycles. The van der Waals surface area contributed by atoms with E-state index in [4.69, 9.17) is 4.74 Å². The van der Waals surface area contributed by atoms with Crippen molar-refractivity contribution in [1.29, 1.82) is 0 Å². The Balaban J connectivity index is 1.57. The summed E-state index contributed by atoms with van der Waals surface area (Å²) in [6.07, 6.45) is 1.61. The molecule has 7 heteroatoms. The third-order valence-corrected chi connectivity index (χ3v) is 5.97. The number of likely N-dealkylation sites (tertiary alicyclic amines) is 1. The van der Waals surface area contributed by atoms with Gasteiger partial charge >= 0.3 is 0 Å². The first-order chi connectivity index (χ1) is 12.0. The van der Waals surface area contributed by atoms with Crippen LogP contribution in [0.2, 0.25) is 0 Å². The summed E-state index contributed by atoms with van der Waals surface area (Å²) < 4.78 is 5.41. The average molecular weight is 365 g/mol. The molecule has 1 aromatic heterocycles. The molecule has 1 atom stereocenters. The van der Waals surface area contributed by atoms with Crippen LogP contribution < -0.4 is 5.32 Å². The Morgan fingerprint density at radius 3 is 2.76 bits per heavy atom. The molecule has 2 amide bonds. The van der Waals surface area contributed by atoms with Crippen LogP contribution in [-0.4, -0.2) is 72.6 Å².